The van der Waals surface area contributed by atoms with Crippen LogP contribution in [0.4, 0.5) is 0 Å². The number of carbonyl (C=O) groups excluding carboxylic acids is 1. The van der Waals surface area contributed by atoms with Gasteiger partial charge >= 0.3 is 0 Å². The van der Waals surface area contributed by atoms with Gasteiger partial charge in [-0.2, -0.15) is 0 Å². The predicted octanol–water partition coefficient (Wildman–Crippen LogP) is 3.99. The van der Waals surface area contributed by atoms with E-state index in [1.807, 2.05) is 0 Å². The van der Waals surface area contributed by atoms with Gasteiger partial charge in [0.25, 0.3) is 0 Å². The lowest BCUT2D eigenvalue weighted by molar-refractivity contribution is -0.108. The van der Waals surface area contributed by atoms with Crippen molar-refractivity contribution in [3.05, 3.63) is 71.8 Å². The number of methoxy groups -OCH3 is 1. The maximum atomic E-state index is 11.9. The van der Waals surface area contributed by atoms with Gasteiger partial charge in [-0.3, -0.25) is 0 Å². The molecular formula is C23H22O6. The van der Waals surface area contributed by atoms with Crippen LogP contribution in [0.3, 0.4) is 0 Å². The Labute approximate surface area is 168 Å². The highest BCUT2D eigenvalue weighted by atomic mass is 16.5. The number of aromatic hydroxyl groups is 3. The molecule has 0 saturated heterocycles. The molecule has 0 saturated carbocycles. The minimum absolute atomic E-state index is 0.0821. The molecule has 6 nitrogen and oxygen atoms in total. The number of aldehydes is 1. The molecule has 0 bridgehead atoms. The summed E-state index contributed by atoms with van der Waals surface area (Å²) in [6.45, 7) is 7.36. The van der Waals surface area contributed by atoms with Gasteiger partial charge in [0.05, 0.1) is 18.6 Å². The van der Waals surface area contributed by atoms with E-state index in [2.05, 4.69) is 13.2 Å². The third-order valence-corrected chi connectivity index (χ3v) is 4.81. The van der Waals surface area contributed by atoms with Gasteiger partial charge in [0.15, 0.2) is 11.5 Å². The summed E-state index contributed by atoms with van der Waals surface area (Å²) in [6.07, 6.45) is 5.90. The number of fused-ring (bicyclic) bond motifs is 1. The zero-order valence-corrected chi connectivity index (χ0v) is 16.0. The lowest BCUT2D eigenvalue weighted by atomic mass is 9.87. The molecule has 6 heteroatoms. The highest BCUT2D eigenvalue weighted by Gasteiger charge is 2.32. The standard InChI is InChI=1S/C23H22O6/c1-4-6-15-21(26)16(7-5-2)23-20(22(15)27)14(12-24)11-19(29-23)13-8-9-18(28-3)17(25)10-13/h4-5,8-12,14,25-27H,1-2,6-7H2,3H3. The number of allylic oxidation sites excluding steroid dienone is 3. The van der Waals surface area contributed by atoms with E-state index in [9.17, 15) is 20.1 Å². The first kappa shape index (κ1) is 20.1. The topological polar surface area (TPSA) is 96.2 Å². The quantitative estimate of drug-likeness (QED) is 0.485. The number of phenols is 3. The van der Waals surface area contributed by atoms with Crippen LogP contribution in [0.2, 0.25) is 0 Å². The molecule has 1 aliphatic heterocycles. The van der Waals surface area contributed by atoms with Gasteiger partial charge in [-0.1, -0.05) is 12.2 Å². The number of carbonyl (C=O) groups is 1. The molecule has 0 radical (unpaired) electrons. The fraction of sp³-hybridized carbons (Fsp3) is 0.174. The van der Waals surface area contributed by atoms with Crippen molar-refractivity contribution >= 4 is 12.0 Å². The van der Waals surface area contributed by atoms with Gasteiger partial charge in [-0.25, -0.2) is 0 Å². The smallest absolute Gasteiger partial charge is 0.160 e. The number of hydrogen-bond acceptors (Lipinski definition) is 6. The van der Waals surface area contributed by atoms with E-state index >= 15 is 0 Å². The summed E-state index contributed by atoms with van der Waals surface area (Å²) in [6, 6.07) is 4.71. The lowest BCUT2D eigenvalue weighted by Gasteiger charge is -2.27. The molecule has 0 aromatic heterocycles. The van der Waals surface area contributed by atoms with Crippen LogP contribution in [0.1, 0.15) is 28.2 Å². The second-order valence-corrected chi connectivity index (χ2v) is 6.56. The summed E-state index contributed by atoms with van der Waals surface area (Å²) in [7, 11) is 1.44. The van der Waals surface area contributed by atoms with Crippen molar-refractivity contribution in [3.8, 4) is 28.7 Å². The summed E-state index contributed by atoms with van der Waals surface area (Å²) in [5.74, 6) is -0.383. The van der Waals surface area contributed by atoms with E-state index < -0.39 is 5.92 Å². The Morgan fingerprint density at radius 1 is 1.10 bits per heavy atom. The molecule has 1 heterocycles. The van der Waals surface area contributed by atoms with E-state index in [1.165, 1.54) is 13.2 Å². The normalized spacial score (nSPS) is 14.9. The Bertz CT molecular complexity index is 1020. The molecule has 0 amide bonds. The summed E-state index contributed by atoms with van der Waals surface area (Å²) in [4.78, 5) is 11.9. The largest absolute Gasteiger partial charge is 0.507 e. The highest BCUT2D eigenvalue weighted by molar-refractivity contribution is 5.81. The molecule has 1 atom stereocenters. The molecule has 29 heavy (non-hydrogen) atoms. The van der Waals surface area contributed by atoms with E-state index in [0.717, 1.165) is 0 Å². The number of ether oxygens (including phenoxy) is 2. The fourth-order valence-corrected chi connectivity index (χ4v) is 3.43. The molecule has 0 fully saturated rings. The van der Waals surface area contributed by atoms with Crippen LogP contribution in [-0.4, -0.2) is 28.7 Å². The fourth-order valence-electron chi connectivity index (χ4n) is 3.43. The van der Waals surface area contributed by atoms with Gasteiger partial charge in [0, 0.05) is 16.7 Å². The first-order valence-corrected chi connectivity index (χ1v) is 9.00. The molecule has 0 aliphatic carbocycles. The van der Waals surface area contributed by atoms with Crippen molar-refractivity contribution < 1.29 is 29.6 Å². The molecule has 2 aromatic rings. The maximum absolute atomic E-state index is 11.9. The van der Waals surface area contributed by atoms with Gasteiger partial charge < -0.3 is 29.6 Å². The molecule has 150 valence electrons. The summed E-state index contributed by atoms with van der Waals surface area (Å²) in [5.41, 5.74) is 1.50. The molecule has 1 unspecified atom stereocenters. The minimum atomic E-state index is -0.800. The van der Waals surface area contributed by atoms with Crippen LogP contribution in [-0.2, 0) is 17.6 Å². The van der Waals surface area contributed by atoms with Crippen molar-refractivity contribution in [1.29, 1.82) is 0 Å². The number of rotatable bonds is 7. The second-order valence-electron chi connectivity index (χ2n) is 6.56. The van der Waals surface area contributed by atoms with Gasteiger partial charge in [-0.15, -0.1) is 13.2 Å². The number of benzene rings is 2. The second kappa shape index (κ2) is 8.14. The van der Waals surface area contributed by atoms with Crippen LogP contribution >= 0.6 is 0 Å². The molecular weight excluding hydrogens is 372 g/mol. The summed E-state index contributed by atoms with van der Waals surface area (Å²) in [5, 5.41) is 31.6. The van der Waals surface area contributed by atoms with Crippen LogP contribution < -0.4 is 9.47 Å². The van der Waals surface area contributed by atoms with Crippen molar-refractivity contribution in [2.75, 3.05) is 7.11 Å². The van der Waals surface area contributed by atoms with E-state index in [4.69, 9.17) is 9.47 Å². The van der Waals surface area contributed by atoms with Crippen molar-refractivity contribution in [1.82, 2.24) is 0 Å². The zero-order valence-electron chi connectivity index (χ0n) is 16.0. The van der Waals surface area contributed by atoms with Gasteiger partial charge in [0.2, 0.25) is 0 Å². The van der Waals surface area contributed by atoms with Crippen LogP contribution in [0.25, 0.3) is 5.76 Å². The SMILES string of the molecule is C=CCc1c(O)c(CC=C)c2c(c1O)C(C=O)C=C(c1ccc(OC)c(O)c1)O2. The lowest BCUT2D eigenvalue weighted by Crippen LogP contribution is -2.13. The maximum Gasteiger partial charge on any atom is 0.160 e. The summed E-state index contributed by atoms with van der Waals surface area (Å²) < 4.78 is 11.1. The Balaban J connectivity index is 2.21. The van der Waals surface area contributed by atoms with Crippen molar-refractivity contribution in [2.45, 2.75) is 18.8 Å². The number of hydrogen-bond donors (Lipinski definition) is 3. The van der Waals surface area contributed by atoms with Crippen molar-refractivity contribution in [2.24, 2.45) is 0 Å². The third kappa shape index (κ3) is 3.45. The number of phenolic OH excluding ortho intramolecular Hbond substituents is 3. The van der Waals surface area contributed by atoms with E-state index in [1.54, 1.807) is 30.4 Å². The Morgan fingerprint density at radius 2 is 1.79 bits per heavy atom. The molecule has 3 N–H and O–H groups in total. The molecule has 1 aliphatic rings. The van der Waals surface area contributed by atoms with E-state index in [-0.39, 0.29) is 47.0 Å². The van der Waals surface area contributed by atoms with Crippen LogP contribution in [0.5, 0.6) is 28.7 Å². The minimum Gasteiger partial charge on any atom is -0.507 e. The zero-order chi connectivity index (χ0) is 21.1. The first-order chi connectivity index (χ1) is 14.0. The van der Waals surface area contributed by atoms with Crippen LogP contribution in [0, 0.1) is 0 Å². The monoisotopic (exact) mass is 394 g/mol. The average molecular weight is 394 g/mol. The molecule has 2 aromatic carbocycles. The highest BCUT2D eigenvalue weighted by Crippen LogP contribution is 2.50. The first-order valence-electron chi connectivity index (χ1n) is 9.00. The van der Waals surface area contributed by atoms with Gasteiger partial charge in [-0.05, 0) is 37.1 Å². The van der Waals surface area contributed by atoms with E-state index in [0.29, 0.717) is 28.9 Å². The van der Waals surface area contributed by atoms with Gasteiger partial charge in [0.1, 0.15) is 29.3 Å². The molecule has 0 spiro atoms. The Hall–Kier alpha value is -3.67. The Kier molecular flexibility index (Phi) is 5.64. The average Bonchev–Trinajstić information content (AvgIpc) is 2.73. The van der Waals surface area contributed by atoms with Crippen LogP contribution in [0.15, 0.2) is 49.6 Å². The Morgan fingerprint density at radius 3 is 2.38 bits per heavy atom. The van der Waals surface area contributed by atoms with Crippen molar-refractivity contribution in [3.63, 3.8) is 0 Å². The third-order valence-electron chi connectivity index (χ3n) is 4.81. The molecule has 3 rings (SSSR count). The summed E-state index contributed by atoms with van der Waals surface area (Å²) >= 11 is 0. The predicted molar refractivity (Wildman–Crippen MR) is 110 cm³/mol.